The van der Waals surface area contributed by atoms with Gasteiger partial charge in [0.25, 0.3) is 11.5 Å². The Labute approximate surface area is 218 Å². The average molecular weight is 519 g/mol. The lowest BCUT2D eigenvalue weighted by Gasteiger charge is -2.19. The van der Waals surface area contributed by atoms with Crippen molar-refractivity contribution < 1.29 is 18.4 Å². The molecular weight excluding hydrogens is 490 g/mol. The molecule has 4 rings (SSSR count). The van der Waals surface area contributed by atoms with Crippen molar-refractivity contribution in [3.63, 3.8) is 0 Å². The number of hydrogen-bond donors (Lipinski definition) is 2. The van der Waals surface area contributed by atoms with Crippen molar-refractivity contribution in [1.82, 2.24) is 14.9 Å². The van der Waals surface area contributed by atoms with Gasteiger partial charge in [-0.3, -0.25) is 14.4 Å². The maximum atomic E-state index is 13.8. The summed E-state index contributed by atoms with van der Waals surface area (Å²) in [5, 5.41) is 4.44. The van der Waals surface area contributed by atoms with Crippen molar-refractivity contribution in [3.05, 3.63) is 106 Å². The van der Waals surface area contributed by atoms with E-state index in [0.29, 0.717) is 17.8 Å². The van der Waals surface area contributed by atoms with E-state index < -0.39 is 23.6 Å². The second kappa shape index (κ2) is 11.3. The first-order valence-corrected chi connectivity index (χ1v) is 12.2. The maximum absolute atomic E-state index is 13.8. The van der Waals surface area contributed by atoms with Crippen molar-refractivity contribution in [2.45, 2.75) is 45.2 Å². The van der Waals surface area contributed by atoms with Gasteiger partial charge in [0.15, 0.2) is 17.4 Å². The lowest BCUT2D eigenvalue weighted by Crippen LogP contribution is -2.43. The van der Waals surface area contributed by atoms with Crippen LogP contribution in [0.1, 0.15) is 47.8 Å². The largest absolute Gasteiger partial charge is 0.383 e. The molecule has 1 amide bonds. The van der Waals surface area contributed by atoms with Crippen LogP contribution in [-0.4, -0.2) is 27.3 Å². The minimum absolute atomic E-state index is 0.0223. The zero-order valence-corrected chi connectivity index (χ0v) is 21.1. The number of nitrogens with zero attached hydrogens (tertiary/aromatic N) is 2. The van der Waals surface area contributed by atoms with Crippen LogP contribution in [0.15, 0.2) is 71.8 Å². The Kier molecular flexibility index (Phi) is 7.95. The van der Waals surface area contributed by atoms with Crippen LogP contribution in [0.3, 0.4) is 0 Å². The molecule has 3 N–H and O–H groups in total. The summed E-state index contributed by atoms with van der Waals surface area (Å²) in [4.78, 5) is 42.6. The number of hydrogen-bond acceptors (Lipinski definition) is 5. The van der Waals surface area contributed by atoms with Crippen LogP contribution < -0.4 is 16.6 Å². The van der Waals surface area contributed by atoms with Gasteiger partial charge in [0.2, 0.25) is 0 Å². The molecule has 0 unspecified atom stereocenters. The molecule has 0 aliphatic carbocycles. The van der Waals surface area contributed by atoms with Gasteiger partial charge >= 0.3 is 0 Å². The van der Waals surface area contributed by atoms with Crippen LogP contribution in [0.4, 0.5) is 14.6 Å². The number of carbonyl (C=O) groups excluding carboxylic acids is 2. The number of aromatic nitrogens is 2. The minimum atomic E-state index is -1.03. The molecular formula is C29H28F2N4O3. The maximum Gasteiger partial charge on any atom is 0.253 e. The van der Waals surface area contributed by atoms with Crippen LogP contribution in [0.2, 0.25) is 0 Å². The summed E-state index contributed by atoms with van der Waals surface area (Å²) in [6, 6.07) is 12.4. The van der Waals surface area contributed by atoms with Crippen molar-refractivity contribution in [1.29, 1.82) is 0 Å². The van der Waals surface area contributed by atoms with E-state index in [1.165, 1.54) is 29.0 Å². The lowest BCUT2D eigenvalue weighted by molar-refractivity contribution is -0.120. The predicted molar refractivity (Wildman–Crippen MR) is 142 cm³/mol. The quantitative estimate of drug-likeness (QED) is 0.342. The number of aryl methyl sites for hydroxylation is 1. The Morgan fingerprint density at radius 1 is 1.00 bits per heavy atom. The smallest absolute Gasteiger partial charge is 0.253 e. The average Bonchev–Trinajstić information content (AvgIpc) is 2.89. The summed E-state index contributed by atoms with van der Waals surface area (Å²) in [7, 11) is 0. The molecule has 2 heterocycles. The van der Waals surface area contributed by atoms with E-state index in [1.54, 1.807) is 6.20 Å². The van der Waals surface area contributed by atoms with Gasteiger partial charge in [-0.15, -0.1) is 0 Å². The van der Waals surface area contributed by atoms with Crippen molar-refractivity contribution in [3.8, 4) is 0 Å². The molecule has 0 saturated carbocycles. The molecule has 0 saturated heterocycles. The van der Waals surface area contributed by atoms with E-state index in [9.17, 15) is 23.2 Å². The normalized spacial score (nSPS) is 12.0. The fourth-order valence-electron chi connectivity index (χ4n) is 4.28. The standard InChI is InChI=1S/C29H28F2N4O3/c1-17(2)35-16-21(6-10-27(35)37)29(38)34-25(15-19-4-8-23(30)24(31)14-19)26(36)9-5-18-3-7-22-20(13-18)11-12-33-28(22)32/h3-4,6-8,10-14,16-17,25H,5,9,15H2,1-2H3,(H2,32,33)(H,34,38)/t25-/m0/s1. The third-order valence-corrected chi connectivity index (χ3v) is 6.39. The molecule has 196 valence electrons. The molecule has 38 heavy (non-hydrogen) atoms. The molecule has 0 spiro atoms. The Morgan fingerprint density at radius 2 is 1.76 bits per heavy atom. The number of anilines is 1. The highest BCUT2D eigenvalue weighted by atomic mass is 19.2. The highest BCUT2D eigenvalue weighted by Gasteiger charge is 2.23. The number of carbonyl (C=O) groups is 2. The number of pyridine rings is 2. The Bertz CT molecular complexity index is 1570. The van der Waals surface area contributed by atoms with Gasteiger partial charge in [-0.25, -0.2) is 13.8 Å². The van der Waals surface area contributed by atoms with Gasteiger partial charge in [0.05, 0.1) is 11.6 Å². The lowest BCUT2D eigenvalue weighted by atomic mass is 9.96. The zero-order chi connectivity index (χ0) is 27.4. The fraction of sp³-hybridized carbons (Fsp3) is 0.241. The minimum Gasteiger partial charge on any atom is -0.383 e. The van der Waals surface area contributed by atoms with Gasteiger partial charge < -0.3 is 15.6 Å². The summed E-state index contributed by atoms with van der Waals surface area (Å²) < 4.78 is 28.7. The summed E-state index contributed by atoms with van der Waals surface area (Å²) in [6.07, 6.45) is 3.54. The Hall–Kier alpha value is -4.40. The van der Waals surface area contributed by atoms with Gasteiger partial charge in [0, 0.05) is 36.3 Å². The summed E-state index contributed by atoms with van der Waals surface area (Å²) >= 11 is 0. The molecule has 9 heteroatoms. The van der Waals surface area contributed by atoms with Crippen molar-refractivity contribution in [2.75, 3.05) is 5.73 Å². The first kappa shape index (κ1) is 26.7. The fourth-order valence-corrected chi connectivity index (χ4v) is 4.28. The molecule has 0 aliphatic rings. The Balaban J connectivity index is 1.55. The van der Waals surface area contributed by atoms with E-state index in [-0.39, 0.29) is 35.8 Å². The molecule has 1 atom stereocenters. The number of nitrogens with one attached hydrogen (secondary N) is 1. The zero-order valence-electron chi connectivity index (χ0n) is 21.1. The number of halogens is 2. The van der Waals surface area contributed by atoms with Crippen molar-refractivity contribution >= 4 is 28.3 Å². The van der Waals surface area contributed by atoms with Crippen LogP contribution in [0.25, 0.3) is 10.8 Å². The first-order chi connectivity index (χ1) is 18.1. The van der Waals surface area contributed by atoms with Gasteiger partial charge in [-0.2, -0.15) is 0 Å². The van der Waals surface area contributed by atoms with Gasteiger partial charge in [-0.05, 0) is 67.5 Å². The summed E-state index contributed by atoms with van der Waals surface area (Å²) in [5.74, 6) is -2.43. The number of ketones is 1. The highest BCUT2D eigenvalue weighted by Crippen LogP contribution is 2.21. The van der Waals surface area contributed by atoms with Gasteiger partial charge in [0.1, 0.15) is 5.82 Å². The monoisotopic (exact) mass is 518 g/mol. The van der Waals surface area contributed by atoms with E-state index in [1.807, 2.05) is 38.1 Å². The molecule has 2 aromatic heterocycles. The van der Waals surface area contributed by atoms with Crippen LogP contribution >= 0.6 is 0 Å². The van der Waals surface area contributed by atoms with E-state index in [2.05, 4.69) is 10.3 Å². The number of amides is 1. The first-order valence-electron chi connectivity index (χ1n) is 12.2. The van der Waals surface area contributed by atoms with Crippen LogP contribution in [-0.2, 0) is 17.6 Å². The number of fused-ring (bicyclic) bond motifs is 1. The summed E-state index contributed by atoms with van der Waals surface area (Å²) in [5.41, 5.74) is 7.14. The number of benzene rings is 2. The summed E-state index contributed by atoms with van der Waals surface area (Å²) in [6.45, 7) is 3.63. The number of nitrogen functional groups attached to an aromatic ring is 1. The molecule has 0 bridgehead atoms. The van der Waals surface area contributed by atoms with Gasteiger partial charge in [-0.1, -0.05) is 24.3 Å². The molecule has 2 aromatic carbocycles. The Morgan fingerprint density at radius 3 is 2.50 bits per heavy atom. The number of rotatable bonds is 9. The molecule has 0 radical (unpaired) electrons. The van der Waals surface area contributed by atoms with E-state index >= 15 is 0 Å². The molecule has 0 fully saturated rings. The SMILES string of the molecule is CC(C)n1cc(C(=O)N[C@@H](Cc2ccc(F)c(F)c2)C(=O)CCc2ccc3c(N)nccc3c2)ccc1=O. The molecule has 7 nitrogen and oxygen atoms in total. The topological polar surface area (TPSA) is 107 Å². The number of Topliss-reactive ketones (excluding diaryl/α,β-unsaturated/α-hetero) is 1. The third-order valence-electron chi connectivity index (χ3n) is 6.39. The van der Waals surface area contributed by atoms with Crippen LogP contribution in [0.5, 0.6) is 0 Å². The van der Waals surface area contributed by atoms with E-state index in [4.69, 9.17) is 5.73 Å². The molecule has 0 aliphatic heterocycles. The molecule has 4 aromatic rings. The predicted octanol–water partition coefficient (Wildman–Crippen LogP) is 4.38. The number of nitrogens with two attached hydrogens (primary N) is 1. The second-order valence-corrected chi connectivity index (χ2v) is 9.45. The van der Waals surface area contributed by atoms with E-state index in [0.717, 1.165) is 28.5 Å². The van der Waals surface area contributed by atoms with Crippen molar-refractivity contribution in [2.24, 2.45) is 0 Å². The second-order valence-electron chi connectivity index (χ2n) is 9.45. The highest BCUT2D eigenvalue weighted by molar-refractivity contribution is 5.98. The third kappa shape index (κ3) is 6.11. The van der Waals surface area contributed by atoms with Crippen LogP contribution in [0, 0.1) is 11.6 Å².